The van der Waals surface area contributed by atoms with E-state index in [1.165, 1.54) is 0 Å². The summed E-state index contributed by atoms with van der Waals surface area (Å²) in [6, 6.07) is -0.129. The molecule has 4 rings (SSSR count). The molecular weight excluding hydrogens is 328 g/mol. The van der Waals surface area contributed by atoms with E-state index in [2.05, 4.69) is 31.1 Å². The topological polar surface area (TPSA) is 81.6 Å². The lowest BCUT2D eigenvalue weighted by molar-refractivity contribution is -0.195. The molecule has 2 bridgehead atoms. The lowest BCUT2D eigenvalue weighted by Crippen LogP contribution is -2.67. The van der Waals surface area contributed by atoms with Gasteiger partial charge in [0.05, 0.1) is 12.2 Å². The van der Waals surface area contributed by atoms with Gasteiger partial charge in [0, 0.05) is 18.0 Å². The van der Waals surface area contributed by atoms with Gasteiger partial charge in [-0.1, -0.05) is 19.9 Å². The fourth-order valence-corrected chi connectivity index (χ4v) is 7.94. The van der Waals surface area contributed by atoms with Gasteiger partial charge in [-0.2, -0.15) is 0 Å². The van der Waals surface area contributed by atoms with Gasteiger partial charge in [-0.3, -0.25) is 0 Å². The Balaban J connectivity index is 1.74. The Morgan fingerprint density at radius 1 is 1.23 bits per heavy atom. The largest absolute Gasteiger partial charge is 0.393 e. The summed E-state index contributed by atoms with van der Waals surface area (Å²) in [5, 5.41) is 28.2. The third-order valence-corrected chi connectivity index (χ3v) is 8.79. The zero-order chi connectivity index (χ0) is 18.9. The van der Waals surface area contributed by atoms with Crippen molar-refractivity contribution in [2.45, 2.75) is 76.5 Å². The average molecular weight is 363 g/mol. The molecule has 26 heavy (non-hydrogen) atoms. The van der Waals surface area contributed by atoms with Crippen LogP contribution in [0.5, 0.6) is 0 Å². The highest BCUT2D eigenvalue weighted by Gasteiger charge is 2.69. The van der Waals surface area contributed by atoms with E-state index in [4.69, 9.17) is 0 Å². The number of amides is 2. The van der Waals surface area contributed by atoms with Gasteiger partial charge in [-0.25, -0.2) is 4.79 Å². The summed E-state index contributed by atoms with van der Waals surface area (Å²) in [6.45, 7) is 8.66. The molecule has 4 aliphatic rings. The molecule has 4 N–H and O–H groups in total. The predicted octanol–water partition coefficient (Wildman–Crippen LogP) is 2.58. The summed E-state index contributed by atoms with van der Waals surface area (Å²) in [6.07, 6.45) is 5.76. The van der Waals surface area contributed by atoms with Gasteiger partial charge in [0.2, 0.25) is 0 Å². The van der Waals surface area contributed by atoms with Crippen LogP contribution in [-0.4, -0.2) is 41.0 Å². The summed E-state index contributed by atoms with van der Waals surface area (Å²) < 4.78 is 0. The fourth-order valence-electron chi connectivity index (χ4n) is 7.94. The first-order valence-electron chi connectivity index (χ1n) is 10.2. The Morgan fingerprint density at radius 3 is 2.65 bits per heavy atom. The number of carbonyl (C=O) groups is 1. The summed E-state index contributed by atoms with van der Waals surface area (Å²) in [4.78, 5) is 12.1. The van der Waals surface area contributed by atoms with Crippen molar-refractivity contribution >= 4 is 6.03 Å². The summed E-state index contributed by atoms with van der Waals surface area (Å²) in [7, 11) is 1.65. The molecule has 4 aliphatic carbocycles. The molecular formula is C21H34N2O3. The third kappa shape index (κ3) is 2.19. The molecule has 0 aromatic carbocycles. The maximum atomic E-state index is 12.1. The number of hydrogen-bond donors (Lipinski definition) is 4. The number of hydrogen-bond acceptors (Lipinski definition) is 3. The number of fused-ring (bicyclic) bond motifs is 3. The van der Waals surface area contributed by atoms with Gasteiger partial charge >= 0.3 is 6.03 Å². The fraction of sp³-hybridized carbons (Fsp3) is 0.857. The first-order chi connectivity index (χ1) is 12.2. The molecule has 4 fully saturated rings. The number of aliphatic hydroxyl groups is 2. The maximum Gasteiger partial charge on any atom is 0.314 e. The van der Waals surface area contributed by atoms with Crippen molar-refractivity contribution < 1.29 is 15.0 Å². The van der Waals surface area contributed by atoms with Crippen LogP contribution in [0, 0.1) is 28.6 Å². The molecule has 0 radical (unpaired) electrons. The number of carbonyl (C=O) groups excluding carboxylic acids is 1. The Morgan fingerprint density at radius 2 is 1.96 bits per heavy atom. The van der Waals surface area contributed by atoms with Crippen LogP contribution in [0.15, 0.2) is 12.2 Å². The first kappa shape index (κ1) is 18.3. The van der Waals surface area contributed by atoms with Crippen molar-refractivity contribution in [3.8, 4) is 0 Å². The molecule has 5 nitrogen and oxygen atoms in total. The second-order valence-corrected chi connectivity index (χ2v) is 9.96. The van der Waals surface area contributed by atoms with Crippen LogP contribution in [-0.2, 0) is 0 Å². The summed E-state index contributed by atoms with van der Waals surface area (Å²) in [5.74, 6) is 0.643. The molecule has 0 aromatic rings. The van der Waals surface area contributed by atoms with Crippen LogP contribution < -0.4 is 10.6 Å². The van der Waals surface area contributed by atoms with Crippen LogP contribution in [0.2, 0.25) is 0 Å². The lowest BCUT2D eigenvalue weighted by atomic mass is 9.41. The Hall–Kier alpha value is -1.07. The van der Waals surface area contributed by atoms with E-state index in [0.29, 0.717) is 5.92 Å². The molecule has 8 atom stereocenters. The van der Waals surface area contributed by atoms with E-state index < -0.39 is 12.2 Å². The van der Waals surface area contributed by atoms with Gasteiger partial charge in [-0.05, 0) is 74.2 Å². The average Bonchev–Trinajstić information content (AvgIpc) is 2.75. The zero-order valence-electron chi connectivity index (χ0n) is 16.3. The SMILES string of the molecule is C=C1[C@H]2C[C@H](O)[C@H]3[C@]4(C)CCC[C@@](C)(NC(=O)NC)[C@H]4CC[C@]3(C2)[C@@H]1O. The van der Waals surface area contributed by atoms with Crippen LogP contribution in [0.3, 0.4) is 0 Å². The predicted molar refractivity (Wildman–Crippen MR) is 100 cm³/mol. The Kier molecular flexibility index (Phi) is 4.02. The quantitative estimate of drug-likeness (QED) is 0.541. The van der Waals surface area contributed by atoms with Crippen LogP contribution in [0.1, 0.15) is 58.8 Å². The van der Waals surface area contributed by atoms with E-state index in [1.807, 2.05) is 0 Å². The zero-order valence-corrected chi connectivity index (χ0v) is 16.3. The molecule has 0 aromatic heterocycles. The van der Waals surface area contributed by atoms with E-state index >= 15 is 0 Å². The second-order valence-electron chi connectivity index (χ2n) is 9.96. The minimum atomic E-state index is -0.493. The molecule has 146 valence electrons. The van der Waals surface area contributed by atoms with E-state index in [0.717, 1.165) is 50.5 Å². The van der Waals surface area contributed by atoms with E-state index in [1.54, 1.807) is 7.05 Å². The molecule has 0 unspecified atom stereocenters. The molecule has 5 heteroatoms. The van der Waals surface area contributed by atoms with Crippen molar-refractivity contribution in [3.05, 3.63) is 12.2 Å². The van der Waals surface area contributed by atoms with Gasteiger partial charge in [0.25, 0.3) is 0 Å². The molecule has 0 heterocycles. The standard InChI is InChI=1S/C21H34N2O3/c1-12-13-10-14(24)16-19(2)7-5-8-20(3,23-18(26)22-4)15(19)6-9-21(16,11-13)17(12)25/h13-17,24-25H,1,5-11H2,2-4H3,(H2,22,23,26)/t13-,14-,15-,16-,17+,19+,20+,21+/m0/s1. The smallest absolute Gasteiger partial charge is 0.314 e. The van der Waals surface area contributed by atoms with Gasteiger partial charge in [-0.15, -0.1) is 0 Å². The van der Waals surface area contributed by atoms with Crippen molar-refractivity contribution in [3.63, 3.8) is 0 Å². The lowest BCUT2D eigenvalue weighted by Gasteiger charge is -2.65. The minimum Gasteiger partial charge on any atom is -0.393 e. The maximum absolute atomic E-state index is 12.1. The molecule has 0 saturated heterocycles. The molecule has 2 amide bonds. The van der Waals surface area contributed by atoms with E-state index in [-0.39, 0.29) is 34.2 Å². The molecule has 4 saturated carbocycles. The highest BCUT2D eigenvalue weighted by atomic mass is 16.3. The first-order valence-corrected chi connectivity index (χ1v) is 10.2. The number of rotatable bonds is 1. The van der Waals surface area contributed by atoms with Crippen molar-refractivity contribution in [2.75, 3.05) is 7.05 Å². The Labute approximate surface area is 156 Å². The second kappa shape index (κ2) is 5.71. The van der Waals surface area contributed by atoms with Gasteiger partial charge < -0.3 is 20.8 Å². The van der Waals surface area contributed by atoms with Crippen LogP contribution in [0.4, 0.5) is 4.79 Å². The van der Waals surface area contributed by atoms with Crippen molar-refractivity contribution in [1.29, 1.82) is 0 Å². The highest BCUT2D eigenvalue weighted by Crippen LogP contribution is 2.70. The van der Waals surface area contributed by atoms with Crippen molar-refractivity contribution in [2.24, 2.45) is 28.6 Å². The van der Waals surface area contributed by atoms with Gasteiger partial charge in [0.1, 0.15) is 0 Å². The van der Waals surface area contributed by atoms with Crippen LogP contribution in [0.25, 0.3) is 0 Å². The van der Waals surface area contributed by atoms with Crippen molar-refractivity contribution in [1.82, 2.24) is 10.6 Å². The third-order valence-electron chi connectivity index (χ3n) is 8.79. The highest BCUT2D eigenvalue weighted by molar-refractivity contribution is 5.74. The van der Waals surface area contributed by atoms with Crippen LogP contribution >= 0.6 is 0 Å². The normalized spacial score (nSPS) is 52.8. The number of urea groups is 1. The van der Waals surface area contributed by atoms with E-state index in [9.17, 15) is 15.0 Å². The number of aliphatic hydroxyl groups excluding tert-OH is 2. The minimum absolute atomic E-state index is 0.0744. The number of nitrogens with one attached hydrogen (secondary N) is 2. The molecule has 1 spiro atoms. The van der Waals surface area contributed by atoms with Gasteiger partial charge in [0.15, 0.2) is 0 Å². The summed E-state index contributed by atoms with van der Waals surface area (Å²) in [5.41, 5.74) is 0.361. The summed E-state index contributed by atoms with van der Waals surface area (Å²) >= 11 is 0. The monoisotopic (exact) mass is 362 g/mol. The molecule has 0 aliphatic heterocycles. The Bertz CT molecular complexity index is 637.